The van der Waals surface area contributed by atoms with E-state index >= 15 is 0 Å². The number of likely N-dealkylation sites (tertiary alicyclic amines) is 1. The lowest BCUT2D eigenvalue weighted by Crippen LogP contribution is -2.48. The second-order valence-corrected chi connectivity index (χ2v) is 5.47. The van der Waals surface area contributed by atoms with E-state index in [0.717, 1.165) is 25.8 Å². The van der Waals surface area contributed by atoms with Gasteiger partial charge in [-0.1, -0.05) is 0 Å². The molecule has 2 aliphatic heterocycles. The third kappa shape index (κ3) is 3.02. The van der Waals surface area contributed by atoms with Crippen LogP contribution in [0, 0.1) is 11.8 Å². The van der Waals surface area contributed by atoms with Crippen LogP contribution in [0.1, 0.15) is 32.6 Å². The minimum absolute atomic E-state index is 0.0244. The molecule has 2 N–H and O–H groups in total. The van der Waals surface area contributed by atoms with Crippen LogP contribution in [0.4, 0.5) is 0 Å². The van der Waals surface area contributed by atoms with Gasteiger partial charge in [0.15, 0.2) is 0 Å². The maximum absolute atomic E-state index is 12.3. The first-order chi connectivity index (χ1) is 8.58. The van der Waals surface area contributed by atoms with Gasteiger partial charge >= 0.3 is 0 Å². The molecule has 102 valence electrons. The van der Waals surface area contributed by atoms with Crippen molar-refractivity contribution in [1.82, 2.24) is 10.2 Å². The van der Waals surface area contributed by atoms with Crippen molar-refractivity contribution in [2.75, 3.05) is 19.6 Å². The average Bonchev–Trinajstić information content (AvgIpc) is 2.38. The van der Waals surface area contributed by atoms with E-state index in [4.69, 9.17) is 0 Å². The molecule has 0 radical (unpaired) electrons. The quantitative estimate of drug-likeness (QED) is 0.736. The summed E-state index contributed by atoms with van der Waals surface area (Å²) in [5.74, 6) is 0.0884. The van der Waals surface area contributed by atoms with Crippen molar-refractivity contribution in [3.63, 3.8) is 0 Å². The van der Waals surface area contributed by atoms with Gasteiger partial charge in [-0.15, -0.1) is 0 Å². The summed E-state index contributed by atoms with van der Waals surface area (Å²) in [5, 5.41) is 12.4. The van der Waals surface area contributed by atoms with Crippen molar-refractivity contribution in [1.29, 1.82) is 0 Å². The molecule has 5 heteroatoms. The fraction of sp³-hybridized carbons (Fsp3) is 0.846. The number of hydrogen-bond acceptors (Lipinski definition) is 3. The van der Waals surface area contributed by atoms with Gasteiger partial charge in [-0.05, 0) is 26.2 Å². The van der Waals surface area contributed by atoms with E-state index in [1.165, 1.54) is 0 Å². The Balaban J connectivity index is 1.93. The Kier molecular flexibility index (Phi) is 4.22. The number of rotatable bonds is 2. The smallest absolute Gasteiger partial charge is 0.226 e. The molecule has 3 unspecified atom stereocenters. The number of nitrogens with zero attached hydrogens (tertiary/aromatic N) is 1. The van der Waals surface area contributed by atoms with Gasteiger partial charge in [0.05, 0.1) is 6.10 Å². The molecule has 2 rings (SSSR count). The van der Waals surface area contributed by atoms with Crippen molar-refractivity contribution in [3.05, 3.63) is 0 Å². The maximum atomic E-state index is 12.3. The molecule has 0 aromatic carbocycles. The standard InChI is InChI=1S/C13H22N2O3/c1-9(16)11-3-2-6-15(8-11)13(18)10-4-5-14-12(17)7-10/h9-11,16H,2-8H2,1H3,(H,14,17). The SMILES string of the molecule is CC(O)C1CCCN(C(=O)C2CCNC(=O)C2)C1. The average molecular weight is 254 g/mol. The second-order valence-electron chi connectivity index (χ2n) is 5.47. The summed E-state index contributed by atoms with van der Waals surface area (Å²) in [5.41, 5.74) is 0. The van der Waals surface area contributed by atoms with Gasteiger partial charge in [0.1, 0.15) is 0 Å². The minimum Gasteiger partial charge on any atom is -0.393 e. The fourth-order valence-corrected chi connectivity index (χ4v) is 2.86. The zero-order valence-corrected chi connectivity index (χ0v) is 10.9. The lowest BCUT2D eigenvalue weighted by atomic mass is 9.90. The Morgan fingerprint density at radius 1 is 1.50 bits per heavy atom. The van der Waals surface area contributed by atoms with Crippen LogP contribution in [-0.2, 0) is 9.59 Å². The summed E-state index contributed by atoms with van der Waals surface area (Å²) < 4.78 is 0. The third-order valence-electron chi connectivity index (χ3n) is 4.05. The van der Waals surface area contributed by atoms with Crippen LogP contribution in [0.25, 0.3) is 0 Å². The van der Waals surface area contributed by atoms with E-state index in [0.29, 0.717) is 19.5 Å². The molecule has 5 nitrogen and oxygen atoms in total. The van der Waals surface area contributed by atoms with Gasteiger partial charge in [-0.25, -0.2) is 0 Å². The number of carbonyl (C=O) groups is 2. The molecule has 18 heavy (non-hydrogen) atoms. The Hall–Kier alpha value is -1.10. The molecule has 2 amide bonds. The normalized spacial score (nSPS) is 30.8. The van der Waals surface area contributed by atoms with Crippen molar-refractivity contribution in [2.24, 2.45) is 11.8 Å². The lowest BCUT2D eigenvalue weighted by Gasteiger charge is -2.36. The number of hydrogen-bond donors (Lipinski definition) is 2. The molecule has 3 atom stereocenters. The zero-order chi connectivity index (χ0) is 13.1. The number of aliphatic hydroxyl groups is 1. The van der Waals surface area contributed by atoms with Gasteiger partial charge in [-0.2, -0.15) is 0 Å². The van der Waals surface area contributed by atoms with Crippen LogP contribution in [0.2, 0.25) is 0 Å². The van der Waals surface area contributed by atoms with Crippen molar-refractivity contribution < 1.29 is 14.7 Å². The third-order valence-corrected chi connectivity index (χ3v) is 4.05. The largest absolute Gasteiger partial charge is 0.393 e. The number of carbonyl (C=O) groups excluding carboxylic acids is 2. The Bertz CT molecular complexity index is 330. The maximum Gasteiger partial charge on any atom is 0.226 e. The highest BCUT2D eigenvalue weighted by Gasteiger charge is 2.32. The molecule has 2 heterocycles. The summed E-state index contributed by atoms with van der Waals surface area (Å²) >= 11 is 0. The van der Waals surface area contributed by atoms with Gasteiger partial charge < -0.3 is 15.3 Å². The van der Waals surface area contributed by atoms with Crippen LogP contribution < -0.4 is 5.32 Å². The van der Waals surface area contributed by atoms with Gasteiger partial charge in [0.2, 0.25) is 11.8 Å². The number of amides is 2. The van der Waals surface area contributed by atoms with Crippen LogP contribution >= 0.6 is 0 Å². The van der Waals surface area contributed by atoms with Gasteiger partial charge in [-0.3, -0.25) is 9.59 Å². The van der Waals surface area contributed by atoms with Crippen LogP contribution in [0.5, 0.6) is 0 Å². The molecule has 0 aromatic heterocycles. The number of aliphatic hydroxyl groups excluding tert-OH is 1. The number of nitrogens with one attached hydrogen (secondary N) is 1. The molecule has 0 aliphatic carbocycles. The first kappa shape index (κ1) is 13.3. The summed E-state index contributed by atoms with van der Waals surface area (Å²) in [7, 11) is 0. The highest BCUT2D eigenvalue weighted by Crippen LogP contribution is 2.23. The highest BCUT2D eigenvalue weighted by molar-refractivity contribution is 5.87. The molecule has 2 saturated heterocycles. The molecule has 2 aliphatic rings. The number of piperidine rings is 2. The first-order valence-corrected chi connectivity index (χ1v) is 6.81. The topological polar surface area (TPSA) is 69.6 Å². The van der Waals surface area contributed by atoms with Crippen LogP contribution in [-0.4, -0.2) is 47.6 Å². The molecule has 0 saturated carbocycles. The van der Waals surface area contributed by atoms with E-state index < -0.39 is 0 Å². The summed E-state index contributed by atoms with van der Waals surface area (Å²) in [6, 6.07) is 0. The first-order valence-electron chi connectivity index (χ1n) is 6.81. The van der Waals surface area contributed by atoms with E-state index in [2.05, 4.69) is 5.32 Å². The second kappa shape index (κ2) is 5.69. The minimum atomic E-state index is -0.366. The summed E-state index contributed by atoms with van der Waals surface area (Å²) in [6.45, 7) is 3.78. The van der Waals surface area contributed by atoms with Gasteiger partial charge in [0.25, 0.3) is 0 Å². The fourth-order valence-electron chi connectivity index (χ4n) is 2.86. The zero-order valence-electron chi connectivity index (χ0n) is 10.9. The van der Waals surface area contributed by atoms with Crippen LogP contribution in [0.15, 0.2) is 0 Å². The molecule has 0 aromatic rings. The van der Waals surface area contributed by atoms with E-state index in [9.17, 15) is 14.7 Å². The van der Waals surface area contributed by atoms with E-state index in [-0.39, 0.29) is 29.8 Å². The Morgan fingerprint density at radius 2 is 2.28 bits per heavy atom. The summed E-state index contributed by atoms with van der Waals surface area (Å²) in [4.78, 5) is 25.5. The molecule has 2 fully saturated rings. The molecular formula is C13H22N2O3. The monoisotopic (exact) mass is 254 g/mol. The molecule has 0 bridgehead atoms. The van der Waals surface area contributed by atoms with Crippen molar-refractivity contribution >= 4 is 11.8 Å². The Morgan fingerprint density at radius 3 is 2.94 bits per heavy atom. The Labute approximate surface area is 108 Å². The highest BCUT2D eigenvalue weighted by atomic mass is 16.3. The lowest BCUT2D eigenvalue weighted by molar-refractivity contribution is -0.142. The van der Waals surface area contributed by atoms with Crippen molar-refractivity contribution in [3.8, 4) is 0 Å². The molecule has 0 spiro atoms. The van der Waals surface area contributed by atoms with E-state index in [1.807, 2.05) is 4.90 Å². The summed E-state index contributed by atoms with van der Waals surface area (Å²) in [6.07, 6.45) is 2.61. The molecular weight excluding hydrogens is 232 g/mol. The van der Waals surface area contributed by atoms with Crippen molar-refractivity contribution in [2.45, 2.75) is 38.7 Å². The van der Waals surface area contributed by atoms with Crippen LogP contribution in [0.3, 0.4) is 0 Å². The van der Waals surface area contributed by atoms with E-state index in [1.54, 1.807) is 6.92 Å². The predicted molar refractivity (Wildman–Crippen MR) is 66.7 cm³/mol. The van der Waals surface area contributed by atoms with Gasteiger partial charge in [0, 0.05) is 37.9 Å². The predicted octanol–water partition coefficient (Wildman–Crippen LogP) is 0.132.